The molecule has 0 unspecified atom stereocenters. The van der Waals surface area contributed by atoms with E-state index < -0.39 is 0 Å². The number of hydrogen-bond acceptors (Lipinski definition) is 2. The summed E-state index contributed by atoms with van der Waals surface area (Å²) in [5.74, 6) is 0. The van der Waals surface area contributed by atoms with Gasteiger partial charge in [-0.25, -0.2) is 4.79 Å². The minimum atomic E-state index is 0.0729. The lowest BCUT2D eigenvalue weighted by atomic mass is 9.78. The van der Waals surface area contributed by atoms with E-state index in [1.165, 1.54) is 51.4 Å². The van der Waals surface area contributed by atoms with E-state index in [-0.39, 0.29) is 11.6 Å². The van der Waals surface area contributed by atoms with Crippen LogP contribution in [0.5, 0.6) is 0 Å². The Balaban J connectivity index is 1.52. The van der Waals surface area contributed by atoms with Gasteiger partial charge in [-0.1, -0.05) is 19.3 Å². The van der Waals surface area contributed by atoms with Crippen molar-refractivity contribution in [3.05, 3.63) is 0 Å². The minimum absolute atomic E-state index is 0.0729. The first-order chi connectivity index (χ1) is 9.69. The van der Waals surface area contributed by atoms with Crippen molar-refractivity contribution in [2.75, 3.05) is 13.7 Å². The molecule has 0 bridgehead atoms. The third kappa shape index (κ3) is 2.95. The molecule has 20 heavy (non-hydrogen) atoms. The molecule has 3 rings (SSSR count). The lowest BCUT2D eigenvalue weighted by Crippen LogP contribution is -2.54. The molecule has 0 aromatic heterocycles. The summed E-state index contributed by atoms with van der Waals surface area (Å²) in [7, 11) is 1.94. The van der Waals surface area contributed by atoms with Crippen molar-refractivity contribution in [2.45, 2.75) is 81.9 Å². The summed E-state index contributed by atoms with van der Waals surface area (Å²) in [4.78, 5) is 14.2. The van der Waals surface area contributed by atoms with Crippen molar-refractivity contribution in [1.82, 2.24) is 10.2 Å². The quantitative estimate of drug-likeness (QED) is 0.844. The number of nitrogens with one attached hydrogen (secondary N) is 1. The molecule has 2 saturated carbocycles. The van der Waals surface area contributed by atoms with Crippen LogP contribution in [0.25, 0.3) is 0 Å². The van der Waals surface area contributed by atoms with Gasteiger partial charge in [-0.05, 0) is 44.9 Å². The number of rotatable bonds is 2. The van der Waals surface area contributed by atoms with Crippen LogP contribution in [0.3, 0.4) is 0 Å². The molecular weight excluding hydrogens is 252 g/mol. The maximum Gasteiger partial charge on any atom is 0.317 e. The summed E-state index contributed by atoms with van der Waals surface area (Å²) in [5, 5.41) is 3.25. The SMILES string of the molecule is CN(C(=O)N[C@@H]1CCOC2(CCCCC2)C1)C1CCC1. The number of carbonyl (C=O) groups excluding carboxylic acids is 1. The summed E-state index contributed by atoms with van der Waals surface area (Å²) >= 11 is 0. The van der Waals surface area contributed by atoms with Gasteiger partial charge >= 0.3 is 6.03 Å². The van der Waals surface area contributed by atoms with E-state index in [4.69, 9.17) is 4.74 Å². The van der Waals surface area contributed by atoms with E-state index >= 15 is 0 Å². The van der Waals surface area contributed by atoms with Crippen molar-refractivity contribution in [2.24, 2.45) is 0 Å². The summed E-state index contributed by atoms with van der Waals surface area (Å²) in [6, 6.07) is 0.892. The fraction of sp³-hybridized carbons (Fsp3) is 0.938. The van der Waals surface area contributed by atoms with Gasteiger partial charge in [0.05, 0.1) is 5.60 Å². The van der Waals surface area contributed by atoms with E-state index in [2.05, 4.69) is 5.32 Å². The lowest BCUT2D eigenvalue weighted by molar-refractivity contribution is -0.108. The lowest BCUT2D eigenvalue weighted by Gasteiger charge is -2.44. The van der Waals surface area contributed by atoms with Crippen molar-refractivity contribution in [3.8, 4) is 0 Å². The highest BCUT2D eigenvalue weighted by molar-refractivity contribution is 5.74. The molecule has 1 heterocycles. The number of nitrogens with zero attached hydrogens (tertiary/aromatic N) is 1. The van der Waals surface area contributed by atoms with Crippen LogP contribution in [0, 0.1) is 0 Å². The standard InChI is InChI=1S/C16H28N2O2/c1-18(14-6-5-7-14)15(19)17-13-8-11-20-16(12-13)9-3-2-4-10-16/h13-14H,2-12H2,1H3,(H,17,19)/t13-/m1/s1. The number of amides is 2. The molecule has 2 amide bonds. The summed E-state index contributed by atoms with van der Waals surface area (Å²) in [6.45, 7) is 0.804. The highest BCUT2D eigenvalue weighted by atomic mass is 16.5. The Bertz CT molecular complexity index is 343. The van der Waals surface area contributed by atoms with Gasteiger partial charge in [0, 0.05) is 25.7 Å². The van der Waals surface area contributed by atoms with Crippen LogP contribution in [-0.4, -0.2) is 42.3 Å². The third-order valence-electron chi connectivity index (χ3n) is 5.53. The molecule has 1 aliphatic heterocycles. The molecule has 114 valence electrons. The molecule has 3 fully saturated rings. The highest BCUT2D eigenvalue weighted by Gasteiger charge is 2.39. The Labute approximate surface area is 122 Å². The highest BCUT2D eigenvalue weighted by Crippen LogP contribution is 2.38. The minimum Gasteiger partial charge on any atom is -0.375 e. The fourth-order valence-electron chi connectivity index (χ4n) is 3.91. The van der Waals surface area contributed by atoms with Crippen LogP contribution in [0.15, 0.2) is 0 Å². The van der Waals surface area contributed by atoms with Crippen molar-refractivity contribution < 1.29 is 9.53 Å². The number of hydrogen-bond donors (Lipinski definition) is 1. The van der Waals surface area contributed by atoms with E-state index in [0.717, 1.165) is 19.4 Å². The zero-order valence-electron chi connectivity index (χ0n) is 12.7. The van der Waals surface area contributed by atoms with Crippen LogP contribution in [0.2, 0.25) is 0 Å². The molecule has 0 radical (unpaired) electrons. The monoisotopic (exact) mass is 280 g/mol. The Morgan fingerprint density at radius 1 is 1.15 bits per heavy atom. The number of urea groups is 1. The van der Waals surface area contributed by atoms with E-state index in [9.17, 15) is 4.79 Å². The average molecular weight is 280 g/mol. The van der Waals surface area contributed by atoms with Crippen LogP contribution >= 0.6 is 0 Å². The van der Waals surface area contributed by atoms with E-state index in [1.807, 2.05) is 11.9 Å². The van der Waals surface area contributed by atoms with Crippen molar-refractivity contribution in [1.29, 1.82) is 0 Å². The summed E-state index contributed by atoms with van der Waals surface area (Å²) in [5.41, 5.74) is 0.0729. The molecule has 0 aromatic carbocycles. The van der Waals surface area contributed by atoms with Gasteiger partial charge in [0.1, 0.15) is 0 Å². The fourth-order valence-corrected chi connectivity index (χ4v) is 3.91. The molecule has 1 atom stereocenters. The normalized spacial score (nSPS) is 29.8. The first kappa shape index (κ1) is 14.2. The second-order valence-corrected chi connectivity index (χ2v) is 6.93. The van der Waals surface area contributed by atoms with Crippen LogP contribution in [0.1, 0.15) is 64.2 Å². The van der Waals surface area contributed by atoms with Gasteiger partial charge < -0.3 is 15.0 Å². The zero-order valence-corrected chi connectivity index (χ0v) is 12.7. The molecule has 4 heteroatoms. The second kappa shape index (κ2) is 5.92. The predicted molar refractivity (Wildman–Crippen MR) is 78.7 cm³/mol. The molecular formula is C16H28N2O2. The number of ether oxygens (including phenoxy) is 1. The van der Waals surface area contributed by atoms with Gasteiger partial charge in [-0.2, -0.15) is 0 Å². The Hall–Kier alpha value is -0.770. The molecule has 0 aromatic rings. The molecule has 1 spiro atoms. The van der Waals surface area contributed by atoms with Crippen LogP contribution in [-0.2, 0) is 4.74 Å². The Kier molecular flexibility index (Phi) is 4.20. The van der Waals surface area contributed by atoms with Gasteiger partial charge in [0.2, 0.25) is 0 Å². The predicted octanol–water partition coefficient (Wildman–Crippen LogP) is 3.06. The average Bonchev–Trinajstić information content (AvgIpc) is 2.37. The summed E-state index contributed by atoms with van der Waals surface area (Å²) < 4.78 is 6.09. The zero-order chi connectivity index (χ0) is 14.0. The third-order valence-corrected chi connectivity index (χ3v) is 5.53. The van der Waals surface area contributed by atoms with Gasteiger partial charge in [-0.3, -0.25) is 0 Å². The molecule has 3 aliphatic rings. The molecule has 4 nitrogen and oxygen atoms in total. The maximum atomic E-state index is 12.3. The van der Waals surface area contributed by atoms with Gasteiger partial charge in [0.25, 0.3) is 0 Å². The first-order valence-electron chi connectivity index (χ1n) is 8.36. The molecule has 1 saturated heterocycles. The maximum absolute atomic E-state index is 12.3. The van der Waals surface area contributed by atoms with Crippen molar-refractivity contribution in [3.63, 3.8) is 0 Å². The van der Waals surface area contributed by atoms with Crippen LogP contribution in [0.4, 0.5) is 4.79 Å². The van der Waals surface area contributed by atoms with Gasteiger partial charge in [-0.15, -0.1) is 0 Å². The molecule has 2 aliphatic carbocycles. The van der Waals surface area contributed by atoms with Gasteiger partial charge in [0.15, 0.2) is 0 Å². The topological polar surface area (TPSA) is 41.6 Å². The van der Waals surface area contributed by atoms with Crippen LogP contribution < -0.4 is 5.32 Å². The van der Waals surface area contributed by atoms with E-state index in [0.29, 0.717) is 12.1 Å². The molecule has 1 N–H and O–H groups in total. The van der Waals surface area contributed by atoms with E-state index in [1.54, 1.807) is 0 Å². The smallest absolute Gasteiger partial charge is 0.317 e. The van der Waals surface area contributed by atoms with Crippen molar-refractivity contribution >= 4 is 6.03 Å². The largest absolute Gasteiger partial charge is 0.375 e. The summed E-state index contributed by atoms with van der Waals surface area (Å²) in [6.07, 6.45) is 11.8. The Morgan fingerprint density at radius 2 is 1.90 bits per heavy atom. The second-order valence-electron chi connectivity index (χ2n) is 6.93. The first-order valence-corrected chi connectivity index (χ1v) is 8.36. The number of carbonyl (C=O) groups is 1. The Morgan fingerprint density at radius 3 is 2.55 bits per heavy atom.